The summed E-state index contributed by atoms with van der Waals surface area (Å²) in [5, 5.41) is 0. The summed E-state index contributed by atoms with van der Waals surface area (Å²) in [7, 11) is 1.59. The molecule has 13 heavy (non-hydrogen) atoms. The first kappa shape index (κ1) is 10.3. The van der Waals surface area contributed by atoms with Crippen LogP contribution in [0.5, 0.6) is 0 Å². The zero-order chi connectivity index (χ0) is 9.90. The second-order valence-electron chi connectivity index (χ2n) is 4.09. The van der Waals surface area contributed by atoms with Crippen molar-refractivity contribution < 1.29 is 9.53 Å². The average Bonchev–Trinajstić information content (AvgIpc) is 2.53. The van der Waals surface area contributed by atoms with Crippen LogP contribution in [0.15, 0.2) is 11.8 Å². The van der Waals surface area contributed by atoms with Gasteiger partial charge in [0.1, 0.15) is 0 Å². The van der Waals surface area contributed by atoms with Crippen LogP contribution in [0.1, 0.15) is 39.5 Å². The summed E-state index contributed by atoms with van der Waals surface area (Å²) in [6, 6.07) is 0. The first-order chi connectivity index (χ1) is 6.08. The van der Waals surface area contributed by atoms with Crippen molar-refractivity contribution in [1.82, 2.24) is 0 Å². The topological polar surface area (TPSA) is 26.3 Å². The molecule has 0 amide bonds. The molecule has 0 aromatic carbocycles. The van der Waals surface area contributed by atoms with E-state index >= 15 is 0 Å². The van der Waals surface area contributed by atoms with Gasteiger partial charge in [0.25, 0.3) is 0 Å². The van der Waals surface area contributed by atoms with Crippen LogP contribution < -0.4 is 0 Å². The minimum atomic E-state index is -0.111. The van der Waals surface area contributed by atoms with Gasteiger partial charge in [-0.05, 0) is 19.8 Å². The fourth-order valence-corrected chi connectivity index (χ4v) is 1.82. The van der Waals surface area contributed by atoms with Crippen LogP contribution in [0.3, 0.4) is 0 Å². The molecule has 0 unspecified atom stereocenters. The Kier molecular flexibility index (Phi) is 3.12. The molecular formula is C11H18O2. The normalized spacial score (nSPS) is 21.6. The number of carbonyl (C=O) groups excluding carboxylic acids is 1. The molecule has 1 aliphatic carbocycles. The Morgan fingerprint density at radius 1 is 1.38 bits per heavy atom. The molecule has 0 aromatic heterocycles. The maximum atomic E-state index is 11.8. The van der Waals surface area contributed by atoms with Crippen molar-refractivity contribution in [2.75, 3.05) is 7.11 Å². The second-order valence-corrected chi connectivity index (χ2v) is 4.09. The predicted molar refractivity (Wildman–Crippen MR) is 52.3 cm³/mol. The molecule has 0 heterocycles. The van der Waals surface area contributed by atoms with E-state index in [1.165, 1.54) is 12.8 Å². The molecule has 0 bridgehead atoms. The Labute approximate surface area is 80.0 Å². The Morgan fingerprint density at radius 3 is 2.38 bits per heavy atom. The van der Waals surface area contributed by atoms with Crippen molar-refractivity contribution in [1.29, 1.82) is 0 Å². The number of methoxy groups -OCH3 is 1. The van der Waals surface area contributed by atoms with E-state index in [9.17, 15) is 4.79 Å². The van der Waals surface area contributed by atoms with Crippen LogP contribution in [-0.4, -0.2) is 12.9 Å². The van der Waals surface area contributed by atoms with Gasteiger partial charge in [-0.25, -0.2) is 0 Å². The van der Waals surface area contributed by atoms with Gasteiger partial charge in [0.15, 0.2) is 5.78 Å². The third-order valence-corrected chi connectivity index (χ3v) is 2.96. The molecule has 1 rings (SSSR count). The number of rotatable bonds is 3. The third kappa shape index (κ3) is 2.33. The SMILES string of the molecule is CO/C(C)=C\C(=O)C1(C)CCCC1. The molecule has 0 spiro atoms. The Bertz CT molecular complexity index is 222. The highest BCUT2D eigenvalue weighted by atomic mass is 16.5. The van der Waals surface area contributed by atoms with Gasteiger partial charge in [-0.3, -0.25) is 4.79 Å². The number of carbonyl (C=O) groups is 1. The smallest absolute Gasteiger partial charge is 0.164 e. The quantitative estimate of drug-likeness (QED) is 0.495. The molecule has 0 aromatic rings. The van der Waals surface area contributed by atoms with E-state index in [1.807, 2.05) is 6.92 Å². The lowest BCUT2D eigenvalue weighted by Crippen LogP contribution is -2.22. The predicted octanol–water partition coefficient (Wildman–Crippen LogP) is 2.69. The molecule has 1 aliphatic rings. The highest BCUT2D eigenvalue weighted by Gasteiger charge is 2.34. The van der Waals surface area contributed by atoms with Gasteiger partial charge >= 0.3 is 0 Å². The molecule has 0 N–H and O–H groups in total. The van der Waals surface area contributed by atoms with Gasteiger partial charge < -0.3 is 4.74 Å². The first-order valence-electron chi connectivity index (χ1n) is 4.85. The van der Waals surface area contributed by atoms with Crippen molar-refractivity contribution in [3.05, 3.63) is 11.8 Å². The van der Waals surface area contributed by atoms with Gasteiger partial charge in [0.2, 0.25) is 0 Å². The van der Waals surface area contributed by atoms with E-state index in [-0.39, 0.29) is 11.2 Å². The summed E-state index contributed by atoms with van der Waals surface area (Å²) in [6.45, 7) is 3.87. The van der Waals surface area contributed by atoms with E-state index < -0.39 is 0 Å². The molecule has 0 radical (unpaired) electrons. The minimum absolute atomic E-state index is 0.111. The summed E-state index contributed by atoms with van der Waals surface area (Å²) in [4.78, 5) is 11.8. The Balaban J connectivity index is 2.66. The molecule has 0 saturated heterocycles. The van der Waals surface area contributed by atoms with Gasteiger partial charge in [-0.2, -0.15) is 0 Å². The van der Waals surface area contributed by atoms with E-state index in [1.54, 1.807) is 13.2 Å². The fraction of sp³-hybridized carbons (Fsp3) is 0.727. The highest BCUT2D eigenvalue weighted by molar-refractivity contribution is 5.95. The molecular weight excluding hydrogens is 164 g/mol. The molecule has 0 aliphatic heterocycles. The zero-order valence-corrected chi connectivity index (χ0v) is 8.72. The molecule has 1 saturated carbocycles. The first-order valence-corrected chi connectivity index (χ1v) is 4.85. The van der Waals surface area contributed by atoms with Crippen LogP contribution >= 0.6 is 0 Å². The lowest BCUT2D eigenvalue weighted by atomic mass is 9.84. The molecule has 0 atom stereocenters. The molecule has 2 nitrogen and oxygen atoms in total. The maximum absolute atomic E-state index is 11.8. The second kappa shape index (κ2) is 3.95. The Morgan fingerprint density at radius 2 is 1.92 bits per heavy atom. The fourth-order valence-electron chi connectivity index (χ4n) is 1.82. The summed E-state index contributed by atoms with van der Waals surface area (Å²) < 4.78 is 4.97. The van der Waals surface area contributed by atoms with Crippen LogP contribution in [-0.2, 0) is 9.53 Å². The minimum Gasteiger partial charge on any atom is -0.501 e. The Hall–Kier alpha value is -0.790. The maximum Gasteiger partial charge on any atom is 0.164 e. The van der Waals surface area contributed by atoms with Crippen LogP contribution in [0.2, 0.25) is 0 Å². The summed E-state index contributed by atoms with van der Waals surface area (Å²) in [5.74, 6) is 0.933. The van der Waals surface area contributed by atoms with Crippen molar-refractivity contribution >= 4 is 5.78 Å². The van der Waals surface area contributed by atoms with E-state index in [4.69, 9.17) is 4.74 Å². The lowest BCUT2D eigenvalue weighted by molar-refractivity contribution is -0.122. The van der Waals surface area contributed by atoms with Crippen LogP contribution in [0.4, 0.5) is 0 Å². The molecule has 74 valence electrons. The zero-order valence-electron chi connectivity index (χ0n) is 8.72. The summed E-state index contributed by atoms with van der Waals surface area (Å²) in [6.07, 6.45) is 6.05. The van der Waals surface area contributed by atoms with E-state index in [0.29, 0.717) is 5.76 Å². The molecule has 2 heteroatoms. The van der Waals surface area contributed by atoms with E-state index in [2.05, 4.69) is 6.92 Å². The summed E-state index contributed by atoms with van der Waals surface area (Å²) >= 11 is 0. The molecule has 1 fully saturated rings. The van der Waals surface area contributed by atoms with Crippen LogP contribution in [0.25, 0.3) is 0 Å². The number of ether oxygens (including phenoxy) is 1. The van der Waals surface area contributed by atoms with Gasteiger partial charge in [-0.1, -0.05) is 19.8 Å². The van der Waals surface area contributed by atoms with Crippen molar-refractivity contribution in [3.8, 4) is 0 Å². The van der Waals surface area contributed by atoms with Crippen molar-refractivity contribution in [3.63, 3.8) is 0 Å². The highest BCUT2D eigenvalue weighted by Crippen LogP contribution is 2.38. The average molecular weight is 182 g/mol. The van der Waals surface area contributed by atoms with Crippen molar-refractivity contribution in [2.45, 2.75) is 39.5 Å². The van der Waals surface area contributed by atoms with Gasteiger partial charge in [-0.15, -0.1) is 0 Å². The lowest BCUT2D eigenvalue weighted by Gasteiger charge is -2.19. The van der Waals surface area contributed by atoms with E-state index in [0.717, 1.165) is 12.8 Å². The van der Waals surface area contributed by atoms with Gasteiger partial charge in [0.05, 0.1) is 12.9 Å². The van der Waals surface area contributed by atoms with Crippen molar-refractivity contribution in [2.24, 2.45) is 5.41 Å². The summed E-state index contributed by atoms with van der Waals surface area (Å²) in [5.41, 5.74) is -0.111. The third-order valence-electron chi connectivity index (χ3n) is 2.96. The monoisotopic (exact) mass is 182 g/mol. The number of hydrogen-bond donors (Lipinski definition) is 0. The standard InChI is InChI=1S/C11H18O2/c1-9(13-3)8-10(12)11(2)6-4-5-7-11/h8H,4-7H2,1-3H3/b9-8-. The van der Waals surface area contributed by atoms with Crippen LogP contribution in [0, 0.1) is 5.41 Å². The largest absolute Gasteiger partial charge is 0.501 e. The number of allylic oxidation sites excluding steroid dienone is 2. The number of ketones is 1. The number of hydrogen-bond acceptors (Lipinski definition) is 2. The van der Waals surface area contributed by atoms with Gasteiger partial charge in [0, 0.05) is 11.5 Å².